The highest BCUT2D eigenvalue weighted by Crippen LogP contribution is 2.28. The number of benzene rings is 2. The Kier molecular flexibility index (Phi) is 3.23. The first-order valence-corrected chi connectivity index (χ1v) is 6.34. The monoisotopic (exact) mass is 281 g/mol. The number of aromatic nitrogens is 2. The number of amides is 1. The highest BCUT2D eigenvalue weighted by atomic mass is 19.1. The van der Waals surface area contributed by atoms with Crippen LogP contribution in [0.1, 0.15) is 10.4 Å². The number of halogens is 1. The minimum atomic E-state index is -0.776. The zero-order valence-electron chi connectivity index (χ0n) is 11.0. The fourth-order valence-corrected chi connectivity index (χ4v) is 2.27. The third kappa shape index (κ3) is 2.41. The van der Waals surface area contributed by atoms with Crippen molar-refractivity contribution >= 4 is 5.91 Å². The van der Waals surface area contributed by atoms with Gasteiger partial charge in [0.15, 0.2) is 0 Å². The molecule has 1 aromatic heterocycles. The van der Waals surface area contributed by atoms with Crippen LogP contribution in [0.5, 0.6) is 0 Å². The molecule has 0 unspecified atom stereocenters. The summed E-state index contributed by atoms with van der Waals surface area (Å²) in [6.45, 7) is 0. The van der Waals surface area contributed by atoms with Crippen molar-refractivity contribution in [3.8, 4) is 22.3 Å². The fraction of sp³-hybridized carbons (Fsp3) is 0. The molecule has 104 valence electrons. The molecule has 1 amide bonds. The minimum absolute atomic E-state index is 0.0893. The molecular formula is C16H12FN3O. The van der Waals surface area contributed by atoms with Crippen molar-refractivity contribution in [1.29, 1.82) is 0 Å². The number of nitrogens with two attached hydrogens (primary N) is 1. The summed E-state index contributed by atoms with van der Waals surface area (Å²) in [6.07, 6.45) is 3.50. The summed E-state index contributed by atoms with van der Waals surface area (Å²) < 4.78 is 13.8. The second-order valence-electron chi connectivity index (χ2n) is 4.59. The van der Waals surface area contributed by atoms with Crippen LogP contribution in [0.15, 0.2) is 54.9 Å². The molecule has 0 spiro atoms. The van der Waals surface area contributed by atoms with Gasteiger partial charge in [0.05, 0.1) is 11.8 Å². The molecule has 2 aromatic carbocycles. The van der Waals surface area contributed by atoms with Crippen LogP contribution in [-0.2, 0) is 0 Å². The van der Waals surface area contributed by atoms with Gasteiger partial charge in [-0.05, 0) is 22.8 Å². The molecule has 0 saturated carbocycles. The van der Waals surface area contributed by atoms with Crippen LogP contribution in [0, 0.1) is 5.82 Å². The molecule has 0 fully saturated rings. The van der Waals surface area contributed by atoms with Crippen LogP contribution in [0.3, 0.4) is 0 Å². The van der Waals surface area contributed by atoms with Gasteiger partial charge in [-0.2, -0.15) is 5.10 Å². The first-order chi connectivity index (χ1) is 10.2. The first-order valence-electron chi connectivity index (χ1n) is 6.34. The molecule has 3 aromatic rings. The van der Waals surface area contributed by atoms with E-state index < -0.39 is 11.7 Å². The Hall–Kier alpha value is -2.95. The highest BCUT2D eigenvalue weighted by molar-refractivity contribution is 6.00. The summed E-state index contributed by atoms with van der Waals surface area (Å²) in [7, 11) is 0. The molecule has 4 nitrogen and oxygen atoms in total. The van der Waals surface area contributed by atoms with Gasteiger partial charge in [0, 0.05) is 11.8 Å². The lowest BCUT2D eigenvalue weighted by Gasteiger charge is -2.08. The van der Waals surface area contributed by atoms with E-state index in [2.05, 4.69) is 10.2 Å². The summed E-state index contributed by atoms with van der Waals surface area (Å²) in [5, 5.41) is 6.64. The van der Waals surface area contributed by atoms with Gasteiger partial charge >= 0.3 is 0 Å². The number of carbonyl (C=O) groups is 1. The SMILES string of the molecule is NC(=O)c1c(F)cccc1-c1ccc(-c2cn[nH]c2)cc1. The molecule has 0 saturated heterocycles. The second-order valence-corrected chi connectivity index (χ2v) is 4.59. The van der Waals surface area contributed by atoms with Crippen molar-refractivity contribution in [1.82, 2.24) is 10.2 Å². The number of nitrogens with zero attached hydrogens (tertiary/aromatic N) is 1. The average Bonchev–Trinajstić information content (AvgIpc) is 3.01. The molecule has 0 atom stereocenters. The standard InChI is InChI=1S/C16H12FN3O/c17-14-3-1-2-13(15(14)16(18)21)11-6-4-10(5-7-11)12-8-19-20-9-12/h1-9H,(H2,18,21)(H,19,20). The maximum atomic E-state index is 13.8. The molecule has 0 aliphatic rings. The molecule has 3 N–H and O–H groups in total. The van der Waals surface area contributed by atoms with Gasteiger partial charge in [-0.15, -0.1) is 0 Å². The van der Waals surface area contributed by atoms with E-state index in [9.17, 15) is 9.18 Å². The number of aromatic amines is 1. The number of nitrogens with one attached hydrogen (secondary N) is 1. The van der Waals surface area contributed by atoms with E-state index in [0.29, 0.717) is 5.56 Å². The van der Waals surface area contributed by atoms with Crippen LogP contribution in [-0.4, -0.2) is 16.1 Å². The van der Waals surface area contributed by atoms with Crippen LogP contribution < -0.4 is 5.73 Å². The third-order valence-electron chi connectivity index (χ3n) is 3.29. The van der Waals surface area contributed by atoms with E-state index in [1.165, 1.54) is 6.07 Å². The molecule has 0 aliphatic heterocycles. The smallest absolute Gasteiger partial charge is 0.252 e. The molecule has 0 aliphatic carbocycles. The molecule has 3 rings (SSSR count). The Labute approximate surface area is 120 Å². The Balaban J connectivity index is 2.06. The predicted octanol–water partition coefficient (Wildman–Crippen LogP) is 2.98. The summed E-state index contributed by atoms with van der Waals surface area (Å²) >= 11 is 0. The van der Waals surface area contributed by atoms with E-state index in [1.54, 1.807) is 24.5 Å². The normalized spacial score (nSPS) is 10.5. The van der Waals surface area contributed by atoms with Crippen LogP contribution >= 0.6 is 0 Å². The predicted molar refractivity (Wildman–Crippen MR) is 77.9 cm³/mol. The number of carbonyl (C=O) groups excluding carboxylic acids is 1. The highest BCUT2D eigenvalue weighted by Gasteiger charge is 2.15. The molecule has 5 heteroatoms. The topological polar surface area (TPSA) is 71.8 Å². The van der Waals surface area contributed by atoms with Gasteiger partial charge in [0.1, 0.15) is 5.82 Å². The summed E-state index contributed by atoms with van der Waals surface area (Å²) in [5.41, 5.74) is 8.33. The Bertz CT molecular complexity index is 780. The lowest BCUT2D eigenvalue weighted by Crippen LogP contribution is -2.14. The van der Waals surface area contributed by atoms with Crippen molar-refractivity contribution in [2.45, 2.75) is 0 Å². The van der Waals surface area contributed by atoms with E-state index >= 15 is 0 Å². The number of hydrogen-bond donors (Lipinski definition) is 2. The number of hydrogen-bond acceptors (Lipinski definition) is 2. The van der Waals surface area contributed by atoms with E-state index in [1.807, 2.05) is 24.3 Å². The van der Waals surface area contributed by atoms with Gasteiger partial charge in [-0.1, -0.05) is 36.4 Å². The minimum Gasteiger partial charge on any atom is -0.365 e. The molecule has 21 heavy (non-hydrogen) atoms. The fourth-order valence-electron chi connectivity index (χ4n) is 2.27. The molecule has 0 radical (unpaired) electrons. The van der Waals surface area contributed by atoms with Crippen molar-refractivity contribution in [2.75, 3.05) is 0 Å². The van der Waals surface area contributed by atoms with Gasteiger partial charge < -0.3 is 5.73 Å². The van der Waals surface area contributed by atoms with Crippen molar-refractivity contribution in [2.24, 2.45) is 5.73 Å². The summed E-state index contributed by atoms with van der Waals surface area (Å²) in [6, 6.07) is 11.9. The maximum Gasteiger partial charge on any atom is 0.252 e. The van der Waals surface area contributed by atoms with Crippen LogP contribution in [0.4, 0.5) is 4.39 Å². The van der Waals surface area contributed by atoms with Crippen molar-refractivity contribution < 1.29 is 9.18 Å². The quantitative estimate of drug-likeness (QED) is 0.774. The number of primary amides is 1. The van der Waals surface area contributed by atoms with E-state index in [-0.39, 0.29) is 5.56 Å². The maximum absolute atomic E-state index is 13.8. The van der Waals surface area contributed by atoms with Gasteiger partial charge in [0.2, 0.25) is 0 Å². The van der Waals surface area contributed by atoms with Crippen LogP contribution in [0.25, 0.3) is 22.3 Å². The first kappa shape index (κ1) is 13.1. The summed E-state index contributed by atoms with van der Waals surface area (Å²) in [5.74, 6) is -1.39. The second kappa shape index (κ2) is 5.20. The van der Waals surface area contributed by atoms with Crippen molar-refractivity contribution in [3.63, 3.8) is 0 Å². The average molecular weight is 281 g/mol. The third-order valence-corrected chi connectivity index (χ3v) is 3.29. The Morgan fingerprint density at radius 1 is 1.05 bits per heavy atom. The largest absolute Gasteiger partial charge is 0.365 e. The van der Waals surface area contributed by atoms with Crippen LogP contribution in [0.2, 0.25) is 0 Å². The van der Waals surface area contributed by atoms with Crippen molar-refractivity contribution in [3.05, 3.63) is 66.2 Å². The lowest BCUT2D eigenvalue weighted by molar-refractivity contribution is 0.0997. The number of rotatable bonds is 3. The Morgan fingerprint density at radius 2 is 1.76 bits per heavy atom. The molecule has 0 bridgehead atoms. The molecule has 1 heterocycles. The zero-order chi connectivity index (χ0) is 14.8. The van der Waals surface area contributed by atoms with Gasteiger partial charge in [-0.25, -0.2) is 4.39 Å². The lowest BCUT2D eigenvalue weighted by atomic mass is 9.97. The Morgan fingerprint density at radius 3 is 2.38 bits per heavy atom. The molecular weight excluding hydrogens is 269 g/mol. The summed E-state index contributed by atoms with van der Waals surface area (Å²) in [4.78, 5) is 11.4. The van der Waals surface area contributed by atoms with Gasteiger partial charge in [-0.3, -0.25) is 9.89 Å². The van der Waals surface area contributed by atoms with E-state index in [0.717, 1.165) is 16.7 Å². The zero-order valence-corrected chi connectivity index (χ0v) is 11.0. The number of H-pyrrole nitrogens is 1. The van der Waals surface area contributed by atoms with Gasteiger partial charge in [0.25, 0.3) is 5.91 Å². The van der Waals surface area contributed by atoms with E-state index in [4.69, 9.17) is 5.73 Å².